The maximum atomic E-state index is 14.8. The Hall–Kier alpha value is -3.32. The second kappa shape index (κ2) is 15.1. The van der Waals surface area contributed by atoms with Crippen LogP contribution in [0.25, 0.3) is 0 Å². The predicted molar refractivity (Wildman–Crippen MR) is 175 cm³/mol. The summed E-state index contributed by atoms with van der Waals surface area (Å²) in [4.78, 5) is 14.7. The standard InChI is InChI=1S/C35H44N3O5P/c1-5-29(6-2)42-44(39,43-30(7-3)8-4)31-21-32(34-36-27(23-40-34)19-25-15-11-9-12-16-25)38-33(22-31)35-37-28(24-41-35)20-26-17-13-10-14-18-26/h9-18,21-22,27-30H,5-8,19-20,23-24H2,1-4H3/t27-,28-/m0/s1. The average Bonchev–Trinajstić information content (AvgIpc) is 3.73. The highest BCUT2D eigenvalue weighted by Gasteiger charge is 2.36. The first kappa shape index (κ1) is 32.1. The van der Waals surface area contributed by atoms with E-state index in [2.05, 4.69) is 24.3 Å². The number of nitrogens with zero attached hydrogens (tertiary/aromatic N) is 3. The van der Waals surface area contributed by atoms with Gasteiger partial charge in [-0.25, -0.2) is 15.0 Å². The van der Waals surface area contributed by atoms with E-state index in [-0.39, 0.29) is 24.3 Å². The van der Waals surface area contributed by atoms with Crippen LogP contribution < -0.4 is 5.30 Å². The Morgan fingerprint density at radius 1 is 0.705 bits per heavy atom. The normalized spacial score (nSPS) is 18.3. The van der Waals surface area contributed by atoms with E-state index in [9.17, 15) is 4.57 Å². The molecule has 1 aromatic heterocycles. The van der Waals surface area contributed by atoms with Crippen LogP contribution in [0.4, 0.5) is 0 Å². The van der Waals surface area contributed by atoms with Crippen LogP contribution in [0.5, 0.6) is 0 Å². The molecule has 0 spiro atoms. The largest absolute Gasteiger partial charge is 0.474 e. The summed E-state index contributed by atoms with van der Waals surface area (Å²) in [5.41, 5.74) is 3.31. The molecule has 2 atom stereocenters. The number of aromatic nitrogens is 1. The number of pyridine rings is 1. The third-order valence-corrected chi connectivity index (χ3v) is 10.1. The minimum Gasteiger partial charge on any atom is -0.474 e. The minimum atomic E-state index is -3.79. The molecule has 0 N–H and O–H groups in total. The molecule has 0 radical (unpaired) electrons. The van der Waals surface area contributed by atoms with Crippen LogP contribution in [-0.2, 0) is 35.9 Å². The number of ether oxygens (including phenoxy) is 2. The first-order chi connectivity index (χ1) is 21.4. The molecule has 3 heterocycles. The quantitative estimate of drug-likeness (QED) is 0.169. The third kappa shape index (κ3) is 8.03. The van der Waals surface area contributed by atoms with Gasteiger partial charge < -0.3 is 18.5 Å². The lowest BCUT2D eigenvalue weighted by Crippen LogP contribution is -2.24. The van der Waals surface area contributed by atoms with Crippen molar-refractivity contribution in [2.75, 3.05) is 13.2 Å². The van der Waals surface area contributed by atoms with Gasteiger partial charge in [0.1, 0.15) is 24.6 Å². The molecule has 3 aromatic rings. The monoisotopic (exact) mass is 617 g/mol. The summed E-state index contributed by atoms with van der Waals surface area (Å²) in [5, 5.41) is 0.409. The van der Waals surface area contributed by atoms with Crippen molar-refractivity contribution in [2.45, 2.75) is 90.5 Å². The van der Waals surface area contributed by atoms with Gasteiger partial charge >= 0.3 is 7.60 Å². The Morgan fingerprint density at radius 2 is 1.11 bits per heavy atom. The van der Waals surface area contributed by atoms with Gasteiger partial charge in [0.15, 0.2) is 0 Å². The number of rotatable bonds is 15. The lowest BCUT2D eigenvalue weighted by Gasteiger charge is -2.27. The van der Waals surface area contributed by atoms with Gasteiger partial charge in [-0.1, -0.05) is 88.4 Å². The van der Waals surface area contributed by atoms with Crippen LogP contribution >= 0.6 is 7.60 Å². The van der Waals surface area contributed by atoms with E-state index in [1.807, 2.05) is 64.1 Å². The van der Waals surface area contributed by atoms with Gasteiger partial charge in [-0.2, -0.15) is 0 Å². The summed E-state index contributed by atoms with van der Waals surface area (Å²) in [6.45, 7) is 8.99. The van der Waals surface area contributed by atoms with E-state index < -0.39 is 7.60 Å². The van der Waals surface area contributed by atoms with Crippen LogP contribution in [0, 0.1) is 0 Å². The molecule has 0 amide bonds. The van der Waals surface area contributed by atoms with Crippen LogP contribution in [-0.4, -0.2) is 54.3 Å². The van der Waals surface area contributed by atoms with Crippen molar-refractivity contribution >= 4 is 24.7 Å². The highest BCUT2D eigenvalue weighted by atomic mass is 31.2. The predicted octanol–water partition coefficient (Wildman–Crippen LogP) is 7.09. The first-order valence-electron chi connectivity index (χ1n) is 15.9. The summed E-state index contributed by atoms with van der Waals surface area (Å²) in [6.07, 6.45) is 3.92. The van der Waals surface area contributed by atoms with E-state index in [1.54, 1.807) is 12.1 Å². The third-order valence-electron chi connectivity index (χ3n) is 8.01. The number of hydrogen-bond acceptors (Lipinski definition) is 8. The van der Waals surface area contributed by atoms with E-state index in [0.29, 0.717) is 67.4 Å². The topological polar surface area (TPSA) is 91.6 Å². The van der Waals surface area contributed by atoms with Crippen molar-refractivity contribution in [3.05, 3.63) is 95.3 Å². The Labute approximate surface area is 261 Å². The van der Waals surface area contributed by atoms with Gasteiger partial charge in [-0.15, -0.1) is 0 Å². The Bertz CT molecular complexity index is 1370. The lowest BCUT2D eigenvalue weighted by atomic mass is 10.1. The molecule has 9 heteroatoms. The fourth-order valence-corrected chi connectivity index (χ4v) is 7.64. The fourth-order valence-electron chi connectivity index (χ4n) is 5.40. The summed E-state index contributed by atoms with van der Waals surface area (Å²) in [5.74, 6) is 0.815. The van der Waals surface area contributed by atoms with Gasteiger partial charge in [0.25, 0.3) is 0 Å². The van der Waals surface area contributed by atoms with Gasteiger partial charge in [-0.3, -0.25) is 4.57 Å². The summed E-state index contributed by atoms with van der Waals surface area (Å²) in [6, 6.07) is 23.9. The zero-order chi connectivity index (χ0) is 30.9. The lowest BCUT2D eigenvalue weighted by molar-refractivity contribution is 0.111. The molecule has 0 saturated carbocycles. The minimum absolute atomic E-state index is 0.0509. The van der Waals surface area contributed by atoms with Crippen LogP contribution in [0.1, 0.15) is 75.9 Å². The van der Waals surface area contributed by atoms with E-state index >= 15 is 0 Å². The van der Waals surface area contributed by atoms with Crippen molar-refractivity contribution in [3.8, 4) is 0 Å². The Balaban J connectivity index is 1.53. The van der Waals surface area contributed by atoms with Crippen molar-refractivity contribution in [1.82, 2.24) is 4.98 Å². The molecule has 8 nitrogen and oxygen atoms in total. The molecular weight excluding hydrogens is 573 g/mol. The SMILES string of the molecule is CCC(CC)OP(=O)(OC(CC)CC)c1cc(C2=N[C@@H](Cc3ccccc3)CO2)nc(C2=N[C@@H](Cc3ccccc3)CO2)c1. The molecule has 44 heavy (non-hydrogen) atoms. The van der Waals surface area contributed by atoms with Crippen molar-refractivity contribution in [1.29, 1.82) is 0 Å². The molecule has 234 valence electrons. The highest BCUT2D eigenvalue weighted by Crippen LogP contribution is 2.51. The van der Waals surface area contributed by atoms with E-state index in [1.165, 1.54) is 11.1 Å². The van der Waals surface area contributed by atoms with Gasteiger partial charge in [0.2, 0.25) is 11.8 Å². The summed E-state index contributed by atoms with van der Waals surface area (Å²) < 4.78 is 39.6. The maximum absolute atomic E-state index is 14.8. The Morgan fingerprint density at radius 3 is 1.50 bits per heavy atom. The molecule has 5 rings (SSSR count). The molecule has 0 aliphatic carbocycles. The van der Waals surface area contributed by atoms with Gasteiger partial charge in [0.05, 0.1) is 29.6 Å². The second-order valence-corrected chi connectivity index (χ2v) is 13.3. The van der Waals surface area contributed by atoms with Crippen molar-refractivity contribution in [3.63, 3.8) is 0 Å². The highest BCUT2D eigenvalue weighted by molar-refractivity contribution is 7.62. The molecule has 0 saturated heterocycles. The number of aliphatic imine (C=N–C) groups is 2. The molecule has 0 bridgehead atoms. The molecule has 2 aliphatic heterocycles. The molecular formula is C35H44N3O5P. The van der Waals surface area contributed by atoms with Gasteiger partial charge in [0, 0.05) is 0 Å². The van der Waals surface area contributed by atoms with Gasteiger partial charge in [-0.05, 0) is 61.8 Å². The molecule has 2 aliphatic rings. The smallest absolute Gasteiger partial charge is 0.362 e. The first-order valence-corrected chi connectivity index (χ1v) is 17.5. The molecule has 0 fully saturated rings. The average molecular weight is 618 g/mol. The van der Waals surface area contributed by atoms with Crippen LogP contribution in [0.15, 0.2) is 82.8 Å². The van der Waals surface area contributed by atoms with Crippen LogP contribution in [0.2, 0.25) is 0 Å². The second-order valence-electron chi connectivity index (χ2n) is 11.4. The number of benzene rings is 2. The van der Waals surface area contributed by atoms with Crippen molar-refractivity contribution < 1.29 is 23.1 Å². The summed E-state index contributed by atoms with van der Waals surface area (Å²) in [7, 11) is -3.79. The van der Waals surface area contributed by atoms with Crippen molar-refractivity contribution in [2.24, 2.45) is 9.98 Å². The number of hydrogen-bond donors (Lipinski definition) is 0. The molecule has 0 unspecified atom stereocenters. The van der Waals surface area contributed by atoms with E-state index in [0.717, 1.165) is 12.8 Å². The zero-order valence-electron chi connectivity index (χ0n) is 26.2. The van der Waals surface area contributed by atoms with E-state index in [4.69, 9.17) is 33.5 Å². The zero-order valence-corrected chi connectivity index (χ0v) is 27.1. The maximum Gasteiger partial charge on any atom is 0.362 e. The molecule has 2 aromatic carbocycles. The summed E-state index contributed by atoms with van der Waals surface area (Å²) >= 11 is 0. The fraction of sp³-hybridized carbons (Fsp3) is 0.457. The van der Waals surface area contributed by atoms with Crippen LogP contribution in [0.3, 0.4) is 0 Å². The Kier molecular flexibility index (Phi) is 11.0.